The molecule has 0 spiro atoms. The minimum absolute atomic E-state index is 0.116. The quantitative estimate of drug-likeness (QED) is 0.515. The molecule has 0 atom stereocenters. The smallest absolute Gasteiger partial charge is 0.276 e. The van der Waals surface area contributed by atoms with Gasteiger partial charge in [0.25, 0.3) is 11.8 Å². The number of hydrogen-bond donors (Lipinski definition) is 3. The lowest BCUT2D eigenvalue weighted by Gasteiger charge is -2.09. The fourth-order valence-corrected chi connectivity index (χ4v) is 2.76. The number of sulfonamides is 1. The summed E-state index contributed by atoms with van der Waals surface area (Å²) in [6, 6.07) is 7.33. The SMILES string of the molecule is NCC(=O)NC(=O)c1ccc(C(=O)NS(=O)(=O)CCOc2ccc(F)cc2)cn1. The molecule has 0 bridgehead atoms. The monoisotopic (exact) mass is 424 g/mol. The van der Waals surface area contributed by atoms with Crippen molar-refractivity contribution >= 4 is 27.7 Å². The molecule has 1 heterocycles. The number of aromatic nitrogens is 1. The van der Waals surface area contributed by atoms with Gasteiger partial charge in [-0.3, -0.25) is 24.7 Å². The van der Waals surface area contributed by atoms with Crippen LogP contribution in [0.5, 0.6) is 5.75 Å². The van der Waals surface area contributed by atoms with E-state index >= 15 is 0 Å². The predicted octanol–water partition coefficient (Wildman–Crippen LogP) is -0.426. The van der Waals surface area contributed by atoms with Gasteiger partial charge in [0.05, 0.1) is 12.1 Å². The zero-order valence-corrected chi connectivity index (χ0v) is 15.7. The number of carbonyl (C=O) groups excluding carboxylic acids is 3. The van der Waals surface area contributed by atoms with E-state index in [-0.39, 0.29) is 30.2 Å². The molecule has 0 saturated heterocycles. The molecule has 0 aliphatic heterocycles. The first-order chi connectivity index (χ1) is 13.7. The van der Waals surface area contributed by atoms with Crippen molar-refractivity contribution in [3.63, 3.8) is 0 Å². The number of halogens is 1. The molecule has 29 heavy (non-hydrogen) atoms. The van der Waals surface area contributed by atoms with E-state index in [9.17, 15) is 27.2 Å². The highest BCUT2D eigenvalue weighted by Gasteiger charge is 2.18. The van der Waals surface area contributed by atoms with E-state index < -0.39 is 39.3 Å². The molecule has 4 N–H and O–H groups in total. The topological polar surface area (TPSA) is 158 Å². The summed E-state index contributed by atoms with van der Waals surface area (Å²) in [5.41, 5.74) is 4.81. The van der Waals surface area contributed by atoms with Gasteiger partial charge >= 0.3 is 0 Å². The first-order valence-corrected chi connectivity index (χ1v) is 9.79. The minimum Gasteiger partial charge on any atom is -0.492 e. The van der Waals surface area contributed by atoms with Crippen LogP contribution in [0.25, 0.3) is 0 Å². The number of nitrogens with zero attached hydrogens (tertiary/aromatic N) is 1. The standard InChI is InChI=1S/C17H17FN4O6S/c18-12-2-4-13(5-3-12)28-7-8-29(26,27)22-16(24)11-1-6-14(20-10-11)17(25)21-15(23)9-19/h1-6,10H,7-9,19H2,(H,22,24)(H,21,23,25). The van der Waals surface area contributed by atoms with Gasteiger partial charge in [0.15, 0.2) is 0 Å². The van der Waals surface area contributed by atoms with Crippen LogP contribution in [0.15, 0.2) is 42.6 Å². The van der Waals surface area contributed by atoms with Crippen molar-refractivity contribution in [2.75, 3.05) is 18.9 Å². The summed E-state index contributed by atoms with van der Waals surface area (Å²) < 4.78 is 43.8. The summed E-state index contributed by atoms with van der Waals surface area (Å²) in [6.07, 6.45) is 0.988. The normalized spacial score (nSPS) is 10.8. The molecule has 0 fully saturated rings. The van der Waals surface area contributed by atoms with Gasteiger partial charge in [0.1, 0.15) is 29.6 Å². The Bertz CT molecular complexity index is 994. The second-order valence-electron chi connectivity index (χ2n) is 5.57. The molecular weight excluding hydrogens is 407 g/mol. The van der Waals surface area contributed by atoms with Crippen molar-refractivity contribution in [3.05, 3.63) is 59.7 Å². The molecule has 0 aliphatic rings. The fourth-order valence-electron chi connectivity index (χ4n) is 1.96. The average molecular weight is 424 g/mol. The summed E-state index contributed by atoms with van der Waals surface area (Å²) in [4.78, 5) is 38.5. The van der Waals surface area contributed by atoms with Gasteiger partial charge in [0, 0.05) is 6.20 Å². The zero-order chi connectivity index (χ0) is 21.4. The number of benzene rings is 1. The lowest BCUT2D eigenvalue weighted by molar-refractivity contribution is -0.118. The van der Waals surface area contributed by atoms with Gasteiger partial charge in [-0.2, -0.15) is 0 Å². The van der Waals surface area contributed by atoms with Gasteiger partial charge in [-0.1, -0.05) is 0 Å². The highest BCUT2D eigenvalue weighted by atomic mass is 32.2. The van der Waals surface area contributed by atoms with Crippen molar-refractivity contribution in [2.45, 2.75) is 0 Å². The van der Waals surface area contributed by atoms with E-state index in [4.69, 9.17) is 10.5 Å². The van der Waals surface area contributed by atoms with Gasteiger partial charge in [-0.15, -0.1) is 0 Å². The largest absolute Gasteiger partial charge is 0.492 e. The molecule has 0 saturated carbocycles. The number of carbonyl (C=O) groups is 3. The number of rotatable bonds is 8. The average Bonchev–Trinajstić information content (AvgIpc) is 2.69. The summed E-state index contributed by atoms with van der Waals surface area (Å²) in [5, 5.41) is 1.98. The van der Waals surface area contributed by atoms with E-state index in [0.29, 0.717) is 0 Å². The number of nitrogens with two attached hydrogens (primary N) is 1. The molecule has 3 amide bonds. The van der Waals surface area contributed by atoms with Crippen LogP contribution in [0.4, 0.5) is 4.39 Å². The minimum atomic E-state index is -4.02. The molecule has 12 heteroatoms. The Hall–Kier alpha value is -3.38. The Kier molecular flexibility index (Phi) is 7.33. The molecule has 10 nitrogen and oxygen atoms in total. The van der Waals surface area contributed by atoms with Gasteiger partial charge in [-0.25, -0.2) is 17.5 Å². The lowest BCUT2D eigenvalue weighted by atomic mass is 10.2. The van der Waals surface area contributed by atoms with Crippen LogP contribution in [0.3, 0.4) is 0 Å². The van der Waals surface area contributed by atoms with E-state index in [1.54, 1.807) is 0 Å². The Balaban J connectivity index is 1.89. The van der Waals surface area contributed by atoms with Crippen LogP contribution in [0.2, 0.25) is 0 Å². The molecular formula is C17H17FN4O6S. The van der Waals surface area contributed by atoms with Crippen LogP contribution in [-0.4, -0.2) is 50.0 Å². The summed E-state index contributed by atoms with van der Waals surface area (Å²) >= 11 is 0. The highest BCUT2D eigenvalue weighted by molar-refractivity contribution is 7.90. The maximum atomic E-state index is 12.8. The van der Waals surface area contributed by atoms with Crippen molar-refractivity contribution in [2.24, 2.45) is 5.73 Å². The van der Waals surface area contributed by atoms with Gasteiger partial charge in [-0.05, 0) is 36.4 Å². The molecule has 1 aromatic heterocycles. The number of amides is 3. The Morgan fingerprint density at radius 1 is 1.07 bits per heavy atom. The maximum Gasteiger partial charge on any atom is 0.276 e. The fraction of sp³-hybridized carbons (Fsp3) is 0.176. The van der Waals surface area contributed by atoms with Crippen LogP contribution < -0.4 is 20.5 Å². The predicted molar refractivity (Wildman–Crippen MR) is 98.9 cm³/mol. The second kappa shape index (κ2) is 9.71. The highest BCUT2D eigenvalue weighted by Crippen LogP contribution is 2.11. The third-order valence-corrected chi connectivity index (χ3v) is 4.58. The number of hydrogen-bond acceptors (Lipinski definition) is 8. The van der Waals surface area contributed by atoms with E-state index in [0.717, 1.165) is 24.4 Å². The molecule has 2 rings (SSSR count). The van der Waals surface area contributed by atoms with E-state index in [1.807, 2.05) is 10.0 Å². The van der Waals surface area contributed by atoms with Crippen LogP contribution in [0.1, 0.15) is 20.8 Å². The Labute approximate surface area is 165 Å². The van der Waals surface area contributed by atoms with E-state index in [1.165, 1.54) is 18.2 Å². The molecule has 1 aromatic carbocycles. The van der Waals surface area contributed by atoms with Gasteiger partial charge < -0.3 is 10.5 Å². The molecule has 0 radical (unpaired) electrons. The van der Waals surface area contributed by atoms with Crippen LogP contribution in [-0.2, 0) is 14.8 Å². The van der Waals surface area contributed by atoms with Crippen molar-refractivity contribution in [3.8, 4) is 5.75 Å². The second-order valence-corrected chi connectivity index (χ2v) is 7.41. The summed E-state index contributed by atoms with van der Waals surface area (Å²) in [6.45, 7) is -0.643. The first kappa shape index (κ1) is 21.9. The van der Waals surface area contributed by atoms with Crippen molar-refractivity contribution in [1.29, 1.82) is 0 Å². The molecule has 2 aromatic rings. The number of imide groups is 1. The lowest BCUT2D eigenvalue weighted by Crippen LogP contribution is -2.36. The molecule has 0 unspecified atom stereocenters. The number of nitrogens with one attached hydrogen (secondary N) is 2. The van der Waals surface area contributed by atoms with Crippen LogP contribution in [0, 0.1) is 5.82 Å². The first-order valence-electron chi connectivity index (χ1n) is 8.13. The van der Waals surface area contributed by atoms with Crippen molar-refractivity contribution < 1.29 is 31.9 Å². The van der Waals surface area contributed by atoms with Crippen LogP contribution >= 0.6 is 0 Å². The van der Waals surface area contributed by atoms with Gasteiger partial charge in [0.2, 0.25) is 15.9 Å². The zero-order valence-electron chi connectivity index (χ0n) is 14.9. The third-order valence-electron chi connectivity index (χ3n) is 3.38. The molecule has 0 aliphatic carbocycles. The third kappa shape index (κ3) is 6.93. The maximum absolute atomic E-state index is 12.8. The Morgan fingerprint density at radius 3 is 2.34 bits per heavy atom. The number of pyridine rings is 1. The summed E-state index contributed by atoms with van der Waals surface area (Å²) in [7, 11) is -4.02. The Morgan fingerprint density at radius 2 is 1.76 bits per heavy atom. The van der Waals surface area contributed by atoms with E-state index in [2.05, 4.69) is 4.98 Å². The number of ether oxygens (including phenoxy) is 1. The van der Waals surface area contributed by atoms with Crippen molar-refractivity contribution in [1.82, 2.24) is 15.0 Å². The summed E-state index contributed by atoms with van der Waals surface area (Å²) in [5.74, 6) is -3.17. The molecule has 154 valence electrons.